The summed E-state index contributed by atoms with van der Waals surface area (Å²) >= 11 is 0. The maximum atomic E-state index is 12.9. The lowest BCUT2D eigenvalue weighted by Crippen LogP contribution is -2.51. The van der Waals surface area contributed by atoms with Crippen LogP contribution < -0.4 is 0 Å². The number of likely N-dealkylation sites (tertiary alicyclic amines) is 2. The number of aryl methyl sites for hydroxylation is 1. The Balaban J connectivity index is 1.41. The Hall–Kier alpha value is -2.27. The molecule has 5 nitrogen and oxygen atoms in total. The van der Waals surface area contributed by atoms with Gasteiger partial charge in [-0.25, -0.2) is 9.97 Å². The van der Waals surface area contributed by atoms with Crippen LogP contribution in [-0.4, -0.2) is 51.4 Å². The molecule has 2 aliphatic rings. The molecule has 1 aromatic heterocycles. The molecule has 2 aromatic rings. The van der Waals surface area contributed by atoms with E-state index in [2.05, 4.69) is 33.9 Å². The second kappa shape index (κ2) is 7.39. The van der Waals surface area contributed by atoms with Gasteiger partial charge >= 0.3 is 0 Å². The van der Waals surface area contributed by atoms with Gasteiger partial charge in [-0.2, -0.15) is 0 Å². The predicted octanol–water partition coefficient (Wildman–Crippen LogP) is 3.02. The molecule has 1 atom stereocenters. The van der Waals surface area contributed by atoms with Gasteiger partial charge in [0.05, 0.1) is 5.92 Å². The number of hydrogen-bond donors (Lipinski definition) is 0. The van der Waals surface area contributed by atoms with Gasteiger partial charge in [0.2, 0.25) is 5.91 Å². The number of likely N-dealkylation sites (N-methyl/N-ethyl adjacent to an activating group) is 1. The highest BCUT2D eigenvalue weighted by molar-refractivity contribution is 5.87. The summed E-state index contributed by atoms with van der Waals surface area (Å²) in [5.74, 6) is 1.19. The summed E-state index contributed by atoms with van der Waals surface area (Å²) in [5, 5.41) is 0. The van der Waals surface area contributed by atoms with Gasteiger partial charge in [0.15, 0.2) is 0 Å². The lowest BCUT2D eigenvalue weighted by Gasteiger charge is -2.43. The van der Waals surface area contributed by atoms with E-state index in [0.29, 0.717) is 0 Å². The van der Waals surface area contributed by atoms with Crippen molar-refractivity contribution in [1.29, 1.82) is 0 Å². The lowest BCUT2D eigenvalue weighted by atomic mass is 9.81. The van der Waals surface area contributed by atoms with Crippen molar-refractivity contribution in [2.24, 2.45) is 0 Å². The zero-order valence-corrected chi connectivity index (χ0v) is 16.3. The van der Waals surface area contributed by atoms with Crippen molar-refractivity contribution in [2.45, 2.75) is 50.6 Å². The Morgan fingerprint density at radius 2 is 1.78 bits per heavy atom. The number of nitrogens with zero attached hydrogens (tertiary/aromatic N) is 4. The number of piperidine rings is 1. The van der Waals surface area contributed by atoms with Gasteiger partial charge in [-0.05, 0) is 24.8 Å². The smallest absolute Gasteiger partial charge is 0.230 e. The van der Waals surface area contributed by atoms with Gasteiger partial charge in [-0.1, -0.05) is 37.3 Å². The van der Waals surface area contributed by atoms with Gasteiger partial charge in [0.25, 0.3) is 0 Å². The lowest BCUT2D eigenvalue weighted by molar-refractivity contribution is -0.131. The standard InChI is InChI=1S/C22H28N4O/c1-3-20-23-14-17(15-24-20)16-26-11-9-22(10-12-26)13-19(21(27)25(22)2)18-7-5-4-6-8-18/h4-8,14-15,19H,3,9-13,16H2,1-2H3. The van der Waals surface area contributed by atoms with Crippen LogP contribution in [0.15, 0.2) is 42.7 Å². The summed E-state index contributed by atoms with van der Waals surface area (Å²) in [4.78, 5) is 26.2. The molecule has 3 heterocycles. The van der Waals surface area contributed by atoms with E-state index in [1.807, 2.05) is 42.5 Å². The van der Waals surface area contributed by atoms with Crippen molar-refractivity contribution in [2.75, 3.05) is 20.1 Å². The van der Waals surface area contributed by atoms with Crippen LogP contribution in [0.25, 0.3) is 0 Å². The summed E-state index contributed by atoms with van der Waals surface area (Å²) in [6, 6.07) is 10.2. The van der Waals surface area contributed by atoms with Crippen molar-refractivity contribution in [3.05, 3.63) is 59.7 Å². The molecule has 1 unspecified atom stereocenters. The van der Waals surface area contributed by atoms with Gasteiger partial charge in [-0.3, -0.25) is 9.69 Å². The minimum Gasteiger partial charge on any atom is -0.339 e. The van der Waals surface area contributed by atoms with E-state index in [-0.39, 0.29) is 17.4 Å². The van der Waals surface area contributed by atoms with Crippen LogP contribution in [0.3, 0.4) is 0 Å². The normalized spacial score (nSPS) is 22.5. The molecule has 0 aliphatic carbocycles. The molecule has 142 valence electrons. The highest BCUT2D eigenvalue weighted by atomic mass is 16.2. The van der Waals surface area contributed by atoms with Crippen LogP contribution in [0.1, 0.15) is 49.1 Å². The second-order valence-electron chi connectivity index (χ2n) is 7.93. The van der Waals surface area contributed by atoms with E-state index in [1.165, 1.54) is 5.56 Å². The van der Waals surface area contributed by atoms with Crippen molar-refractivity contribution >= 4 is 5.91 Å². The number of carbonyl (C=O) groups is 1. The van der Waals surface area contributed by atoms with Crippen LogP contribution in [0.5, 0.6) is 0 Å². The van der Waals surface area contributed by atoms with Crippen LogP contribution in [0.2, 0.25) is 0 Å². The van der Waals surface area contributed by atoms with Crippen molar-refractivity contribution in [1.82, 2.24) is 19.8 Å². The first-order valence-electron chi connectivity index (χ1n) is 9.96. The third kappa shape index (κ3) is 3.48. The van der Waals surface area contributed by atoms with E-state index in [9.17, 15) is 4.79 Å². The molecule has 0 N–H and O–H groups in total. The zero-order valence-electron chi connectivity index (χ0n) is 16.3. The van der Waals surface area contributed by atoms with E-state index >= 15 is 0 Å². The minimum absolute atomic E-state index is 0.0106. The number of rotatable bonds is 4. The molecular weight excluding hydrogens is 336 g/mol. The first-order chi connectivity index (χ1) is 13.1. The fourth-order valence-electron chi connectivity index (χ4n) is 4.59. The highest BCUT2D eigenvalue weighted by Gasteiger charge is 2.50. The Morgan fingerprint density at radius 3 is 2.41 bits per heavy atom. The average Bonchev–Trinajstić information content (AvgIpc) is 2.96. The Labute approximate surface area is 161 Å². The van der Waals surface area contributed by atoms with E-state index in [4.69, 9.17) is 0 Å². The first-order valence-corrected chi connectivity index (χ1v) is 9.96. The van der Waals surface area contributed by atoms with Gasteiger partial charge in [-0.15, -0.1) is 0 Å². The molecule has 1 spiro atoms. The van der Waals surface area contributed by atoms with Crippen molar-refractivity contribution in [3.8, 4) is 0 Å². The molecule has 1 aromatic carbocycles. The van der Waals surface area contributed by atoms with E-state index in [1.54, 1.807) is 0 Å². The molecule has 2 aliphatic heterocycles. The zero-order chi connectivity index (χ0) is 18.9. The van der Waals surface area contributed by atoms with Crippen molar-refractivity contribution in [3.63, 3.8) is 0 Å². The van der Waals surface area contributed by atoms with Crippen LogP contribution in [0.4, 0.5) is 0 Å². The monoisotopic (exact) mass is 364 g/mol. The molecule has 5 heteroatoms. The van der Waals surface area contributed by atoms with Crippen molar-refractivity contribution < 1.29 is 4.79 Å². The average molecular weight is 364 g/mol. The van der Waals surface area contributed by atoms with Gasteiger partial charge in [0, 0.05) is 56.6 Å². The summed E-state index contributed by atoms with van der Waals surface area (Å²) < 4.78 is 0. The Kier molecular flexibility index (Phi) is 4.96. The second-order valence-corrected chi connectivity index (χ2v) is 7.93. The predicted molar refractivity (Wildman–Crippen MR) is 105 cm³/mol. The quantitative estimate of drug-likeness (QED) is 0.837. The van der Waals surface area contributed by atoms with E-state index < -0.39 is 0 Å². The summed E-state index contributed by atoms with van der Waals surface area (Å²) in [5.41, 5.74) is 2.33. The van der Waals surface area contributed by atoms with Crippen LogP contribution in [-0.2, 0) is 17.8 Å². The Morgan fingerprint density at radius 1 is 1.11 bits per heavy atom. The number of aromatic nitrogens is 2. The molecule has 27 heavy (non-hydrogen) atoms. The largest absolute Gasteiger partial charge is 0.339 e. The molecule has 2 saturated heterocycles. The minimum atomic E-state index is 0.0106. The molecule has 0 radical (unpaired) electrons. The topological polar surface area (TPSA) is 49.3 Å². The number of carbonyl (C=O) groups excluding carboxylic acids is 1. The van der Waals surface area contributed by atoms with Crippen LogP contribution in [0, 0.1) is 0 Å². The third-order valence-corrected chi connectivity index (χ3v) is 6.39. The number of benzene rings is 1. The SMILES string of the molecule is CCc1ncc(CN2CCC3(CC2)CC(c2ccccc2)C(=O)N3C)cn1. The summed E-state index contributed by atoms with van der Waals surface area (Å²) in [6.45, 7) is 4.98. The maximum Gasteiger partial charge on any atom is 0.230 e. The highest BCUT2D eigenvalue weighted by Crippen LogP contribution is 2.44. The molecule has 2 fully saturated rings. The molecule has 0 bridgehead atoms. The number of amides is 1. The molecule has 1 amide bonds. The van der Waals surface area contributed by atoms with Gasteiger partial charge in [0.1, 0.15) is 5.82 Å². The first kappa shape index (κ1) is 18.1. The maximum absolute atomic E-state index is 12.9. The van der Waals surface area contributed by atoms with Crippen LogP contribution >= 0.6 is 0 Å². The number of hydrogen-bond acceptors (Lipinski definition) is 4. The van der Waals surface area contributed by atoms with E-state index in [0.717, 1.165) is 56.7 Å². The summed E-state index contributed by atoms with van der Waals surface area (Å²) in [6.07, 6.45) is 7.78. The third-order valence-electron chi connectivity index (χ3n) is 6.39. The summed E-state index contributed by atoms with van der Waals surface area (Å²) in [7, 11) is 2.00. The molecular formula is C22H28N4O. The molecule has 4 rings (SSSR count). The molecule has 0 saturated carbocycles. The fourth-order valence-corrected chi connectivity index (χ4v) is 4.59. The fraction of sp³-hybridized carbons (Fsp3) is 0.500. The Bertz CT molecular complexity index is 782. The van der Waals surface area contributed by atoms with Gasteiger partial charge < -0.3 is 4.90 Å².